The van der Waals surface area contributed by atoms with Gasteiger partial charge < -0.3 is 4.74 Å². The van der Waals surface area contributed by atoms with Gasteiger partial charge in [0.25, 0.3) is 0 Å². The number of benzene rings is 4. The lowest BCUT2D eigenvalue weighted by Crippen LogP contribution is -1.89. The molecule has 0 amide bonds. The first-order valence-corrected chi connectivity index (χ1v) is 8.08. The molecule has 0 aromatic heterocycles. The van der Waals surface area contributed by atoms with E-state index < -0.39 is 0 Å². The maximum atomic E-state index is 5.56. The van der Waals surface area contributed by atoms with Gasteiger partial charge in [-0.05, 0) is 45.7 Å². The zero-order valence-corrected chi connectivity index (χ0v) is 13.6. The predicted octanol–water partition coefficient (Wildman–Crippen LogP) is 6.18. The van der Waals surface area contributed by atoms with E-state index in [0.717, 1.165) is 16.9 Å². The summed E-state index contributed by atoms with van der Waals surface area (Å²) in [6, 6.07) is 31.8. The van der Waals surface area contributed by atoms with Gasteiger partial charge in [-0.15, -0.1) is 0 Å². The summed E-state index contributed by atoms with van der Waals surface area (Å²) in [6.07, 6.45) is 0. The molecule has 0 bridgehead atoms. The SMILES string of the molecule is COc1ccc(-c2ccc3ccccc3c2)cc1-c1ccccc1. The van der Waals surface area contributed by atoms with Crippen LogP contribution >= 0.6 is 0 Å². The number of hydrogen-bond donors (Lipinski definition) is 0. The molecule has 4 rings (SSSR count). The Kier molecular flexibility index (Phi) is 3.76. The van der Waals surface area contributed by atoms with E-state index in [1.165, 1.54) is 21.9 Å². The number of hydrogen-bond acceptors (Lipinski definition) is 1. The molecule has 1 nitrogen and oxygen atoms in total. The average molecular weight is 310 g/mol. The van der Waals surface area contributed by atoms with Crippen molar-refractivity contribution in [3.63, 3.8) is 0 Å². The van der Waals surface area contributed by atoms with Gasteiger partial charge in [0, 0.05) is 5.56 Å². The maximum Gasteiger partial charge on any atom is 0.126 e. The van der Waals surface area contributed by atoms with E-state index in [0.29, 0.717) is 0 Å². The van der Waals surface area contributed by atoms with Gasteiger partial charge in [-0.1, -0.05) is 72.8 Å². The molecule has 0 radical (unpaired) electrons. The monoisotopic (exact) mass is 310 g/mol. The summed E-state index contributed by atoms with van der Waals surface area (Å²) >= 11 is 0. The Morgan fingerprint density at radius 2 is 1.21 bits per heavy atom. The third-order valence-corrected chi connectivity index (χ3v) is 4.37. The molecule has 116 valence electrons. The van der Waals surface area contributed by atoms with Crippen molar-refractivity contribution >= 4 is 10.8 Å². The van der Waals surface area contributed by atoms with Crippen LogP contribution in [-0.2, 0) is 0 Å². The molecule has 1 heteroatoms. The van der Waals surface area contributed by atoms with Gasteiger partial charge in [0.2, 0.25) is 0 Å². The van der Waals surface area contributed by atoms with Crippen LogP contribution in [0.3, 0.4) is 0 Å². The highest BCUT2D eigenvalue weighted by atomic mass is 16.5. The molecule has 0 N–H and O–H groups in total. The van der Waals surface area contributed by atoms with E-state index in [9.17, 15) is 0 Å². The van der Waals surface area contributed by atoms with Crippen LogP contribution in [-0.4, -0.2) is 7.11 Å². The van der Waals surface area contributed by atoms with Crippen LogP contribution in [0, 0.1) is 0 Å². The summed E-state index contributed by atoms with van der Waals surface area (Å²) in [5, 5.41) is 2.52. The maximum absolute atomic E-state index is 5.56. The zero-order valence-electron chi connectivity index (χ0n) is 13.6. The fourth-order valence-electron chi connectivity index (χ4n) is 3.10. The van der Waals surface area contributed by atoms with Crippen LogP contribution in [0.1, 0.15) is 0 Å². The molecule has 4 aromatic rings. The molecule has 24 heavy (non-hydrogen) atoms. The molecular formula is C23H18O. The van der Waals surface area contributed by atoms with Gasteiger partial charge in [0.05, 0.1) is 7.11 Å². The van der Waals surface area contributed by atoms with E-state index in [2.05, 4.69) is 78.9 Å². The Bertz CT molecular complexity index is 987. The molecule has 0 saturated heterocycles. The van der Waals surface area contributed by atoms with E-state index in [-0.39, 0.29) is 0 Å². The summed E-state index contributed by atoms with van der Waals surface area (Å²) < 4.78 is 5.56. The Labute approximate surface area is 142 Å². The minimum Gasteiger partial charge on any atom is -0.496 e. The zero-order chi connectivity index (χ0) is 16.4. The Balaban J connectivity index is 1.86. The fourth-order valence-corrected chi connectivity index (χ4v) is 3.10. The van der Waals surface area contributed by atoms with E-state index in [4.69, 9.17) is 4.74 Å². The second kappa shape index (κ2) is 6.21. The highest BCUT2D eigenvalue weighted by Crippen LogP contribution is 2.34. The molecule has 0 fully saturated rings. The van der Waals surface area contributed by atoms with Crippen molar-refractivity contribution < 1.29 is 4.74 Å². The van der Waals surface area contributed by atoms with Gasteiger partial charge in [-0.25, -0.2) is 0 Å². The molecule has 0 aliphatic carbocycles. The summed E-state index contributed by atoms with van der Waals surface area (Å²) in [6.45, 7) is 0. The van der Waals surface area contributed by atoms with Crippen molar-refractivity contribution in [1.82, 2.24) is 0 Å². The molecule has 0 spiro atoms. The van der Waals surface area contributed by atoms with Gasteiger partial charge in [0.1, 0.15) is 5.75 Å². The van der Waals surface area contributed by atoms with Gasteiger partial charge >= 0.3 is 0 Å². The van der Waals surface area contributed by atoms with Crippen molar-refractivity contribution in [2.75, 3.05) is 7.11 Å². The van der Waals surface area contributed by atoms with Crippen molar-refractivity contribution in [2.45, 2.75) is 0 Å². The third-order valence-electron chi connectivity index (χ3n) is 4.37. The fraction of sp³-hybridized carbons (Fsp3) is 0.0435. The van der Waals surface area contributed by atoms with Gasteiger partial charge in [-0.2, -0.15) is 0 Å². The van der Waals surface area contributed by atoms with E-state index >= 15 is 0 Å². The van der Waals surface area contributed by atoms with Crippen molar-refractivity contribution in [1.29, 1.82) is 0 Å². The quantitative estimate of drug-likeness (QED) is 0.439. The first-order chi connectivity index (χ1) is 11.8. The Morgan fingerprint density at radius 3 is 2.00 bits per heavy atom. The van der Waals surface area contributed by atoms with Crippen LogP contribution in [0.25, 0.3) is 33.0 Å². The smallest absolute Gasteiger partial charge is 0.126 e. The lowest BCUT2D eigenvalue weighted by Gasteiger charge is -2.12. The van der Waals surface area contributed by atoms with Crippen molar-refractivity contribution in [3.05, 3.63) is 91.0 Å². The molecule has 0 heterocycles. The second-order valence-corrected chi connectivity index (χ2v) is 5.84. The van der Waals surface area contributed by atoms with Crippen LogP contribution in [0.15, 0.2) is 91.0 Å². The van der Waals surface area contributed by atoms with Crippen LogP contribution in [0.5, 0.6) is 5.75 Å². The summed E-state index contributed by atoms with van der Waals surface area (Å²) in [7, 11) is 1.72. The normalized spacial score (nSPS) is 10.7. The van der Waals surface area contributed by atoms with Crippen molar-refractivity contribution in [3.8, 4) is 28.0 Å². The number of fused-ring (bicyclic) bond motifs is 1. The van der Waals surface area contributed by atoms with E-state index in [1.807, 2.05) is 12.1 Å². The topological polar surface area (TPSA) is 9.23 Å². The number of rotatable bonds is 3. The predicted molar refractivity (Wildman–Crippen MR) is 101 cm³/mol. The molecule has 0 aliphatic heterocycles. The van der Waals surface area contributed by atoms with Gasteiger partial charge in [-0.3, -0.25) is 0 Å². The highest BCUT2D eigenvalue weighted by molar-refractivity contribution is 5.88. The van der Waals surface area contributed by atoms with Gasteiger partial charge in [0.15, 0.2) is 0 Å². The average Bonchev–Trinajstić information content (AvgIpc) is 2.68. The van der Waals surface area contributed by atoms with Crippen molar-refractivity contribution in [2.24, 2.45) is 0 Å². The Hall–Kier alpha value is -3.06. The summed E-state index contributed by atoms with van der Waals surface area (Å²) in [4.78, 5) is 0. The molecule has 0 atom stereocenters. The largest absolute Gasteiger partial charge is 0.496 e. The molecule has 4 aromatic carbocycles. The second-order valence-electron chi connectivity index (χ2n) is 5.84. The highest BCUT2D eigenvalue weighted by Gasteiger charge is 2.08. The number of ether oxygens (including phenoxy) is 1. The summed E-state index contributed by atoms with van der Waals surface area (Å²) in [5.41, 5.74) is 4.69. The lowest BCUT2D eigenvalue weighted by molar-refractivity contribution is 0.416. The first-order valence-electron chi connectivity index (χ1n) is 8.08. The Morgan fingerprint density at radius 1 is 0.542 bits per heavy atom. The number of methoxy groups -OCH3 is 1. The summed E-state index contributed by atoms with van der Waals surface area (Å²) in [5.74, 6) is 0.894. The lowest BCUT2D eigenvalue weighted by atomic mass is 9.96. The third kappa shape index (κ3) is 2.65. The molecule has 0 saturated carbocycles. The minimum atomic E-state index is 0.894. The molecular weight excluding hydrogens is 292 g/mol. The first kappa shape index (κ1) is 14.5. The van der Waals surface area contributed by atoms with Crippen LogP contribution in [0.4, 0.5) is 0 Å². The molecule has 0 aliphatic rings. The molecule has 0 unspecified atom stereocenters. The minimum absolute atomic E-state index is 0.894. The standard InChI is InChI=1S/C23H18O/c1-24-23-14-13-21(16-22(23)18-8-3-2-4-9-18)20-12-11-17-7-5-6-10-19(17)15-20/h2-16H,1H3. The van der Waals surface area contributed by atoms with Crippen LogP contribution in [0.2, 0.25) is 0 Å². The van der Waals surface area contributed by atoms with E-state index in [1.54, 1.807) is 7.11 Å². The van der Waals surface area contributed by atoms with Crippen LogP contribution < -0.4 is 4.74 Å².